The Labute approximate surface area is 124 Å². The van der Waals surface area contributed by atoms with Crippen LogP contribution in [0.1, 0.15) is 53.4 Å². The third kappa shape index (κ3) is 5.41. The molecule has 1 aliphatic heterocycles. The minimum Gasteiger partial charge on any atom is -0.381 e. The van der Waals surface area contributed by atoms with Crippen LogP contribution in [-0.4, -0.2) is 42.6 Å². The van der Waals surface area contributed by atoms with E-state index in [1.807, 2.05) is 4.90 Å². The predicted octanol–water partition coefficient (Wildman–Crippen LogP) is 2.42. The monoisotopic (exact) mass is 284 g/mol. The summed E-state index contributed by atoms with van der Waals surface area (Å²) in [5.41, 5.74) is 5.64. The van der Waals surface area contributed by atoms with Crippen molar-refractivity contribution in [1.29, 1.82) is 0 Å². The van der Waals surface area contributed by atoms with Gasteiger partial charge >= 0.3 is 0 Å². The van der Waals surface area contributed by atoms with E-state index in [9.17, 15) is 4.79 Å². The van der Waals surface area contributed by atoms with E-state index in [0.29, 0.717) is 37.9 Å². The summed E-state index contributed by atoms with van der Waals surface area (Å²) in [4.78, 5) is 14.8. The van der Waals surface area contributed by atoms with Crippen LogP contribution in [0.15, 0.2) is 0 Å². The molecule has 0 aromatic carbocycles. The van der Waals surface area contributed by atoms with Gasteiger partial charge in [-0.15, -0.1) is 0 Å². The smallest absolute Gasteiger partial charge is 0.242 e. The van der Waals surface area contributed by atoms with E-state index >= 15 is 0 Å². The Kier molecular flexibility index (Phi) is 6.96. The Morgan fingerprint density at radius 3 is 1.95 bits per heavy atom. The number of carbonyl (C=O) groups excluding carboxylic acids is 1. The molecule has 0 bridgehead atoms. The van der Waals surface area contributed by atoms with Crippen molar-refractivity contribution in [2.45, 2.75) is 58.9 Å². The van der Waals surface area contributed by atoms with Crippen LogP contribution in [0.25, 0.3) is 0 Å². The zero-order chi connectivity index (χ0) is 15.2. The van der Waals surface area contributed by atoms with Gasteiger partial charge in [0.25, 0.3) is 0 Å². The van der Waals surface area contributed by atoms with Crippen molar-refractivity contribution in [3.05, 3.63) is 0 Å². The Morgan fingerprint density at radius 2 is 1.55 bits per heavy atom. The Bertz CT molecular complexity index is 285. The summed E-state index contributed by atoms with van der Waals surface area (Å²) in [6.07, 6.45) is 3.37. The van der Waals surface area contributed by atoms with Gasteiger partial charge in [0.2, 0.25) is 5.91 Å². The summed E-state index contributed by atoms with van der Waals surface area (Å²) in [6.45, 7) is 11.6. The molecule has 1 saturated heterocycles. The molecule has 1 heterocycles. The van der Waals surface area contributed by atoms with Crippen LogP contribution in [0, 0.1) is 11.8 Å². The predicted molar refractivity (Wildman–Crippen MR) is 82.5 cm³/mol. The van der Waals surface area contributed by atoms with Crippen molar-refractivity contribution < 1.29 is 9.53 Å². The third-order valence-electron chi connectivity index (χ3n) is 4.05. The van der Waals surface area contributed by atoms with Crippen molar-refractivity contribution in [3.63, 3.8) is 0 Å². The maximum atomic E-state index is 12.8. The van der Waals surface area contributed by atoms with E-state index in [2.05, 4.69) is 27.7 Å². The zero-order valence-electron chi connectivity index (χ0n) is 13.7. The van der Waals surface area contributed by atoms with Gasteiger partial charge in [-0.3, -0.25) is 4.79 Å². The summed E-state index contributed by atoms with van der Waals surface area (Å²) in [5, 5.41) is 0. The van der Waals surface area contributed by atoms with E-state index in [0.717, 1.165) is 25.9 Å². The molecule has 118 valence electrons. The van der Waals surface area contributed by atoms with Gasteiger partial charge in [-0.1, -0.05) is 27.7 Å². The van der Waals surface area contributed by atoms with Crippen LogP contribution in [0.2, 0.25) is 0 Å². The van der Waals surface area contributed by atoms with Crippen molar-refractivity contribution in [3.8, 4) is 0 Å². The second-order valence-electron chi connectivity index (χ2n) is 6.93. The summed E-state index contributed by atoms with van der Waals surface area (Å²) in [5.74, 6) is 1.34. The van der Waals surface area contributed by atoms with Gasteiger partial charge in [0.1, 0.15) is 0 Å². The molecule has 1 aliphatic rings. The number of carbonyl (C=O) groups is 1. The molecular weight excluding hydrogens is 252 g/mol. The van der Waals surface area contributed by atoms with Gasteiger partial charge < -0.3 is 15.4 Å². The van der Waals surface area contributed by atoms with Gasteiger partial charge in [-0.05, 0) is 37.5 Å². The highest BCUT2D eigenvalue weighted by atomic mass is 16.5. The molecule has 0 spiro atoms. The molecule has 1 rings (SSSR count). The molecule has 4 heteroatoms. The molecule has 1 amide bonds. The van der Waals surface area contributed by atoms with Gasteiger partial charge in [0.15, 0.2) is 0 Å². The highest BCUT2D eigenvalue weighted by Gasteiger charge is 2.38. The molecule has 0 saturated carbocycles. The molecule has 20 heavy (non-hydrogen) atoms. The Morgan fingerprint density at radius 1 is 1.10 bits per heavy atom. The lowest BCUT2D eigenvalue weighted by atomic mass is 9.89. The quantitative estimate of drug-likeness (QED) is 0.781. The summed E-state index contributed by atoms with van der Waals surface area (Å²) >= 11 is 0. The van der Waals surface area contributed by atoms with Crippen LogP contribution in [0.5, 0.6) is 0 Å². The standard InChI is InChI=1S/C16H32N2O2/c1-13(2)5-9-18(10-6-14(3)4)15(19)16(17)7-11-20-12-8-16/h13-14H,5-12,17H2,1-4H3. The number of hydrogen-bond acceptors (Lipinski definition) is 3. The minimum atomic E-state index is -0.702. The van der Waals surface area contributed by atoms with Crippen LogP contribution in [-0.2, 0) is 9.53 Å². The fourth-order valence-corrected chi connectivity index (χ4v) is 2.41. The third-order valence-corrected chi connectivity index (χ3v) is 4.05. The SMILES string of the molecule is CC(C)CCN(CCC(C)C)C(=O)C1(N)CCOCC1. The van der Waals surface area contributed by atoms with Gasteiger partial charge in [-0.2, -0.15) is 0 Å². The average molecular weight is 284 g/mol. The molecule has 0 atom stereocenters. The first kappa shape index (κ1) is 17.4. The highest BCUT2D eigenvalue weighted by Crippen LogP contribution is 2.21. The first-order valence-electron chi connectivity index (χ1n) is 8.01. The Hall–Kier alpha value is -0.610. The Balaban J connectivity index is 2.66. The van der Waals surface area contributed by atoms with Crippen LogP contribution in [0.3, 0.4) is 0 Å². The average Bonchev–Trinajstić information content (AvgIpc) is 2.38. The van der Waals surface area contributed by atoms with E-state index < -0.39 is 5.54 Å². The number of rotatable bonds is 7. The van der Waals surface area contributed by atoms with Crippen LogP contribution < -0.4 is 5.73 Å². The number of amides is 1. The maximum absolute atomic E-state index is 12.8. The molecule has 0 radical (unpaired) electrons. The number of nitrogens with two attached hydrogens (primary N) is 1. The van der Waals surface area contributed by atoms with Crippen LogP contribution in [0.4, 0.5) is 0 Å². The molecule has 0 aliphatic carbocycles. The number of nitrogens with zero attached hydrogens (tertiary/aromatic N) is 1. The van der Waals surface area contributed by atoms with E-state index in [4.69, 9.17) is 10.5 Å². The second-order valence-corrected chi connectivity index (χ2v) is 6.93. The van der Waals surface area contributed by atoms with Crippen molar-refractivity contribution >= 4 is 5.91 Å². The zero-order valence-corrected chi connectivity index (χ0v) is 13.7. The highest BCUT2D eigenvalue weighted by molar-refractivity contribution is 5.86. The lowest BCUT2D eigenvalue weighted by molar-refractivity contribution is -0.141. The van der Waals surface area contributed by atoms with Gasteiger partial charge in [-0.25, -0.2) is 0 Å². The molecule has 0 unspecified atom stereocenters. The normalized spacial score (nSPS) is 18.6. The summed E-state index contributed by atoms with van der Waals surface area (Å²) < 4.78 is 5.34. The van der Waals surface area contributed by atoms with Crippen molar-refractivity contribution in [1.82, 2.24) is 4.90 Å². The van der Waals surface area contributed by atoms with E-state index in [1.165, 1.54) is 0 Å². The second kappa shape index (κ2) is 7.99. The van der Waals surface area contributed by atoms with Crippen molar-refractivity contribution in [2.75, 3.05) is 26.3 Å². The fraction of sp³-hybridized carbons (Fsp3) is 0.938. The van der Waals surface area contributed by atoms with Crippen LogP contribution >= 0.6 is 0 Å². The first-order chi connectivity index (χ1) is 9.35. The number of hydrogen-bond donors (Lipinski definition) is 1. The van der Waals surface area contributed by atoms with E-state index in [1.54, 1.807) is 0 Å². The first-order valence-corrected chi connectivity index (χ1v) is 8.01. The largest absolute Gasteiger partial charge is 0.381 e. The topological polar surface area (TPSA) is 55.6 Å². The molecule has 1 fully saturated rings. The molecule has 4 nitrogen and oxygen atoms in total. The fourth-order valence-electron chi connectivity index (χ4n) is 2.41. The van der Waals surface area contributed by atoms with Crippen molar-refractivity contribution in [2.24, 2.45) is 17.6 Å². The molecule has 2 N–H and O–H groups in total. The lowest BCUT2D eigenvalue weighted by Crippen LogP contribution is -2.58. The van der Waals surface area contributed by atoms with E-state index in [-0.39, 0.29) is 5.91 Å². The molecule has 0 aromatic heterocycles. The number of ether oxygens (including phenoxy) is 1. The maximum Gasteiger partial charge on any atom is 0.242 e. The lowest BCUT2D eigenvalue weighted by Gasteiger charge is -2.37. The summed E-state index contributed by atoms with van der Waals surface area (Å²) in [7, 11) is 0. The van der Waals surface area contributed by atoms with Gasteiger partial charge in [0, 0.05) is 26.3 Å². The minimum absolute atomic E-state index is 0.127. The molecule has 0 aromatic rings. The summed E-state index contributed by atoms with van der Waals surface area (Å²) in [6, 6.07) is 0. The van der Waals surface area contributed by atoms with Gasteiger partial charge in [0.05, 0.1) is 5.54 Å². The molecular formula is C16H32N2O2.